The van der Waals surface area contributed by atoms with E-state index in [1.54, 1.807) is 0 Å². The molecule has 10 heteroatoms. The predicted molar refractivity (Wildman–Crippen MR) is 63.7 cm³/mol. The lowest BCUT2D eigenvalue weighted by Gasteiger charge is -2.08. The van der Waals surface area contributed by atoms with Crippen LogP contribution in [0.2, 0.25) is 0 Å². The molecule has 108 valence electrons. The number of amides is 2. The number of rotatable bonds is 5. The van der Waals surface area contributed by atoms with Crippen molar-refractivity contribution in [3.63, 3.8) is 0 Å². The van der Waals surface area contributed by atoms with Crippen LogP contribution in [0, 0.1) is 21.7 Å². The molecule has 4 N–H and O–H groups in total. The summed E-state index contributed by atoms with van der Waals surface area (Å²) in [4.78, 5) is 31.8. The van der Waals surface area contributed by atoms with Crippen LogP contribution in [0.25, 0.3) is 0 Å². The molecule has 2 amide bonds. The summed E-state index contributed by atoms with van der Waals surface area (Å²) in [5.74, 6) is -3.99. The molecular formula is C10H10F2N4O4. The molecule has 0 aliphatic heterocycles. The SMILES string of the molecule is NCC(=O)NCC(=O)Nc1c(F)cc(F)cc1[N+](=O)[O-]. The van der Waals surface area contributed by atoms with Gasteiger partial charge in [0, 0.05) is 6.07 Å². The number of nitrogens with zero attached hydrogens (tertiary/aromatic N) is 1. The van der Waals surface area contributed by atoms with Crippen molar-refractivity contribution < 1.29 is 23.3 Å². The van der Waals surface area contributed by atoms with Crippen LogP contribution in [0.5, 0.6) is 0 Å². The van der Waals surface area contributed by atoms with Crippen LogP contribution in [0.1, 0.15) is 0 Å². The van der Waals surface area contributed by atoms with Gasteiger partial charge in [0.2, 0.25) is 11.8 Å². The molecule has 1 rings (SSSR count). The maximum absolute atomic E-state index is 13.4. The van der Waals surface area contributed by atoms with Crippen LogP contribution < -0.4 is 16.4 Å². The summed E-state index contributed by atoms with van der Waals surface area (Å²) < 4.78 is 26.3. The Bertz CT molecular complexity index is 564. The standard InChI is InChI=1S/C10H10F2N4O4/c11-5-1-6(12)10(7(2-5)16(19)20)15-9(18)4-14-8(17)3-13/h1-2H,3-4,13H2,(H,14,17)(H,15,18). The molecule has 1 aromatic rings. The summed E-state index contributed by atoms with van der Waals surface area (Å²) in [6.07, 6.45) is 0. The molecule has 0 fully saturated rings. The van der Waals surface area contributed by atoms with Crippen molar-refractivity contribution in [2.45, 2.75) is 0 Å². The molecule has 0 spiro atoms. The van der Waals surface area contributed by atoms with Gasteiger partial charge in [0.05, 0.1) is 24.1 Å². The zero-order valence-electron chi connectivity index (χ0n) is 9.98. The molecule has 0 aliphatic carbocycles. The fourth-order valence-corrected chi connectivity index (χ4v) is 1.26. The molecule has 0 saturated carbocycles. The Kier molecular flexibility index (Phi) is 5.03. The second-order valence-corrected chi connectivity index (χ2v) is 3.57. The molecule has 8 nitrogen and oxygen atoms in total. The van der Waals surface area contributed by atoms with Gasteiger partial charge in [-0.1, -0.05) is 0 Å². The van der Waals surface area contributed by atoms with Crippen molar-refractivity contribution >= 4 is 23.2 Å². The van der Waals surface area contributed by atoms with Crippen LogP contribution in [0.15, 0.2) is 12.1 Å². The lowest BCUT2D eigenvalue weighted by atomic mass is 10.2. The minimum absolute atomic E-state index is 0.349. The second kappa shape index (κ2) is 6.52. The topological polar surface area (TPSA) is 127 Å². The summed E-state index contributed by atoms with van der Waals surface area (Å²) in [5, 5.41) is 14.6. The number of carbonyl (C=O) groups is 2. The average molecular weight is 288 g/mol. The first kappa shape index (κ1) is 15.4. The lowest BCUT2D eigenvalue weighted by Crippen LogP contribution is -2.36. The molecule has 1 aromatic carbocycles. The molecule has 0 heterocycles. The highest BCUT2D eigenvalue weighted by atomic mass is 19.1. The summed E-state index contributed by atoms with van der Waals surface area (Å²) in [5.41, 5.74) is 3.28. The van der Waals surface area contributed by atoms with Gasteiger partial charge in [-0.2, -0.15) is 0 Å². The Morgan fingerprint density at radius 3 is 2.50 bits per heavy atom. The largest absolute Gasteiger partial charge is 0.346 e. The summed E-state index contributed by atoms with van der Waals surface area (Å²) in [6, 6.07) is 0.859. The molecule has 0 aromatic heterocycles. The zero-order valence-corrected chi connectivity index (χ0v) is 9.98. The van der Waals surface area contributed by atoms with Gasteiger partial charge >= 0.3 is 0 Å². The van der Waals surface area contributed by atoms with Crippen molar-refractivity contribution in [3.8, 4) is 0 Å². The van der Waals surface area contributed by atoms with Crippen molar-refractivity contribution in [1.82, 2.24) is 5.32 Å². The Morgan fingerprint density at radius 1 is 1.30 bits per heavy atom. The molecule has 20 heavy (non-hydrogen) atoms. The highest BCUT2D eigenvalue weighted by Gasteiger charge is 2.22. The molecule has 0 atom stereocenters. The van der Waals surface area contributed by atoms with Crippen molar-refractivity contribution in [2.75, 3.05) is 18.4 Å². The molecule has 0 saturated heterocycles. The minimum atomic E-state index is -1.30. The third kappa shape index (κ3) is 3.95. The number of halogens is 2. The second-order valence-electron chi connectivity index (χ2n) is 3.57. The van der Waals surface area contributed by atoms with E-state index < -0.39 is 46.3 Å². The summed E-state index contributed by atoms with van der Waals surface area (Å²) in [6.45, 7) is -0.900. The summed E-state index contributed by atoms with van der Waals surface area (Å²) in [7, 11) is 0. The number of nitrogens with one attached hydrogen (secondary N) is 2. The Labute approximate surface area is 111 Å². The Balaban J connectivity index is 2.89. The third-order valence-corrected chi connectivity index (χ3v) is 2.13. The van der Waals surface area contributed by atoms with Gasteiger partial charge in [-0.3, -0.25) is 19.7 Å². The van der Waals surface area contributed by atoms with E-state index >= 15 is 0 Å². The predicted octanol–water partition coefficient (Wildman–Crippen LogP) is -0.114. The van der Waals surface area contributed by atoms with E-state index in [-0.39, 0.29) is 6.54 Å². The molecule has 0 aliphatic rings. The van der Waals surface area contributed by atoms with Crippen molar-refractivity contribution in [3.05, 3.63) is 33.9 Å². The first-order chi connectivity index (χ1) is 9.35. The van der Waals surface area contributed by atoms with E-state index in [1.807, 2.05) is 5.32 Å². The van der Waals surface area contributed by atoms with Gasteiger partial charge in [0.1, 0.15) is 5.82 Å². The van der Waals surface area contributed by atoms with Gasteiger partial charge in [0.25, 0.3) is 5.69 Å². The molecule has 0 radical (unpaired) electrons. The van der Waals surface area contributed by atoms with E-state index in [0.717, 1.165) is 0 Å². The number of anilines is 1. The van der Waals surface area contributed by atoms with Crippen LogP contribution in [0.4, 0.5) is 20.2 Å². The average Bonchev–Trinajstić information content (AvgIpc) is 2.38. The minimum Gasteiger partial charge on any atom is -0.346 e. The molecular weight excluding hydrogens is 278 g/mol. The van der Waals surface area contributed by atoms with Crippen molar-refractivity contribution in [1.29, 1.82) is 0 Å². The van der Waals surface area contributed by atoms with E-state index in [4.69, 9.17) is 5.73 Å². The smallest absolute Gasteiger partial charge is 0.298 e. The normalized spacial score (nSPS) is 9.95. The number of hydrogen-bond acceptors (Lipinski definition) is 5. The van der Waals surface area contributed by atoms with E-state index in [9.17, 15) is 28.5 Å². The van der Waals surface area contributed by atoms with Crippen molar-refractivity contribution in [2.24, 2.45) is 5.73 Å². The Hall–Kier alpha value is -2.62. The lowest BCUT2D eigenvalue weighted by molar-refractivity contribution is -0.384. The van der Waals surface area contributed by atoms with E-state index in [2.05, 4.69) is 5.32 Å². The maximum atomic E-state index is 13.4. The number of nitrogens with two attached hydrogens (primary N) is 1. The Morgan fingerprint density at radius 2 is 1.95 bits per heavy atom. The molecule has 0 unspecified atom stereocenters. The zero-order chi connectivity index (χ0) is 15.3. The number of nitro benzene ring substituents is 1. The van der Waals surface area contributed by atoms with E-state index in [1.165, 1.54) is 0 Å². The first-order valence-electron chi connectivity index (χ1n) is 5.25. The fourth-order valence-electron chi connectivity index (χ4n) is 1.26. The highest BCUT2D eigenvalue weighted by Crippen LogP contribution is 2.28. The van der Waals surface area contributed by atoms with Gasteiger partial charge in [-0.15, -0.1) is 0 Å². The highest BCUT2D eigenvalue weighted by molar-refractivity contribution is 5.96. The number of hydrogen-bond donors (Lipinski definition) is 3. The number of benzene rings is 1. The monoisotopic (exact) mass is 288 g/mol. The maximum Gasteiger partial charge on any atom is 0.298 e. The van der Waals surface area contributed by atoms with Crippen LogP contribution >= 0.6 is 0 Å². The number of nitro groups is 1. The van der Waals surface area contributed by atoms with Gasteiger partial charge in [-0.25, -0.2) is 8.78 Å². The van der Waals surface area contributed by atoms with E-state index in [0.29, 0.717) is 12.1 Å². The fraction of sp³-hybridized carbons (Fsp3) is 0.200. The quantitative estimate of drug-likeness (QED) is 0.514. The molecule has 0 bridgehead atoms. The van der Waals surface area contributed by atoms with Gasteiger partial charge in [0.15, 0.2) is 11.5 Å². The van der Waals surface area contributed by atoms with Crippen LogP contribution in [0.3, 0.4) is 0 Å². The summed E-state index contributed by atoms with van der Waals surface area (Å²) >= 11 is 0. The third-order valence-electron chi connectivity index (χ3n) is 2.13. The van der Waals surface area contributed by atoms with Gasteiger partial charge in [-0.05, 0) is 0 Å². The van der Waals surface area contributed by atoms with Crippen LogP contribution in [-0.4, -0.2) is 29.8 Å². The van der Waals surface area contributed by atoms with Crippen LogP contribution in [-0.2, 0) is 9.59 Å². The first-order valence-corrected chi connectivity index (χ1v) is 5.25. The number of carbonyl (C=O) groups excluding carboxylic acids is 2. The van der Waals surface area contributed by atoms with Gasteiger partial charge < -0.3 is 16.4 Å².